The van der Waals surface area contributed by atoms with Gasteiger partial charge in [0, 0.05) is 24.8 Å². The van der Waals surface area contributed by atoms with Crippen LogP contribution in [0.1, 0.15) is 43.4 Å². The van der Waals surface area contributed by atoms with Crippen molar-refractivity contribution in [3.63, 3.8) is 0 Å². The highest BCUT2D eigenvalue weighted by Gasteiger charge is 2.36. The van der Waals surface area contributed by atoms with Crippen LogP contribution in [0.5, 0.6) is 0 Å². The Morgan fingerprint density at radius 2 is 2.16 bits per heavy atom. The van der Waals surface area contributed by atoms with Crippen LogP contribution in [0.3, 0.4) is 0 Å². The fourth-order valence-corrected chi connectivity index (χ4v) is 3.64. The molecule has 0 radical (unpaired) electrons. The molecule has 3 nitrogen and oxygen atoms in total. The van der Waals surface area contributed by atoms with E-state index in [0.29, 0.717) is 5.54 Å². The Labute approximate surface area is 116 Å². The summed E-state index contributed by atoms with van der Waals surface area (Å²) in [6, 6.07) is 4.20. The molecule has 1 aliphatic carbocycles. The Bertz CT molecular complexity index is 424. The Morgan fingerprint density at radius 3 is 2.95 bits per heavy atom. The molecule has 2 fully saturated rings. The number of nitrogens with zero attached hydrogens (tertiary/aromatic N) is 2. The summed E-state index contributed by atoms with van der Waals surface area (Å²) in [7, 11) is 0. The van der Waals surface area contributed by atoms with Crippen LogP contribution in [0, 0.1) is 6.92 Å². The van der Waals surface area contributed by atoms with Crippen molar-refractivity contribution in [3.8, 4) is 0 Å². The molecule has 1 aromatic heterocycles. The molecule has 0 aromatic carbocycles. The minimum absolute atomic E-state index is 0.402. The molecule has 1 spiro atoms. The monoisotopic (exact) mass is 259 g/mol. The Morgan fingerprint density at radius 1 is 1.32 bits per heavy atom. The molecule has 19 heavy (non-hydrogen) atoms. The third kappa shape index (κ3) is 2.98. The second kappa shape index (κ2) is 5.59. The van der Waals surface area contributed by atoms with Gasteiger partial charge in [-0.25, -0.2) is 0 Å². The van der Waals surface area contributed by atoms with E-state index in [0.717, 1.165) is 6.54 Å². The fourth-order valence-electron chi connectivity index (χ4n) is 3.64. The number of pyridine rings is 1. The first-order valence-electron chi connectivity index (χ1n) is 7.65. The van der Waals surface area contributed by atoms with Gasteiger partial charge in [0.15, 0.2) is 0 Å². The van der Waals surface area contributed by atoms with Crippen LogP contribution in [0.25, 0.3) is 0 Å². The largest absolute Gasteiger partial charge is 0.310 e. The smallest absolute Gasteiger partial charge is 0.0573 e. The van der Waals surface area contributed by atoms with Crippen molar-refractivity contribution in [1.29, 1.82) is 0 Å². The topological polar surface area (TPSA) is 28.2 Å². The van der Waals surface area contributed by atoms with Crippen LogP contribution in [0.2, 0.25) is 0 Å². The molecule has 0 amide bonds. The summed E-state index contributed by atoms with van der Waals surface area (Å²) in [5, 5.41) is 3.83. The minimum Gasteiger partial charge on any atom is -0.310 e. The van der Waals surface area contributed by atoms with E-state index in [1.165, 1.54) is 63.0 Å². The van der Waals surface area contributed by atoms with E-state index in [2.05, 4.69) is 28.2 Å². The second-order valence-corrected chi connectivity index (χ2v) is 6.25. The lowest BCUT2D eigenvalue weighted by atomic mass is 9.97. The van der Waals surface area contributed by atoms with Gasteiger partial charge >= 0.3 is 0 Å². The van der Waals surface area contributed by atoms with Crippen molar-refractivity contribution in [2.75, 3.05) is 19.6 Å². The van der Waals surface area contributed by atoms with Crippen molar-refractivity contribution in [2.45, 2.75) is 51.1 Å². The average molecular weight is 259 g/mol. The second-order valence-electron chi connectivity index (χ2n) is 6.25. The summed E-state index contributed by atoms with van der Waals surface area (Å²) in [5.41, 5.74) is 2.97. The van der Waals surface area contributed by atoms with Gasteiger partial charge in [-0.2, -0.15) is 0 Å². The third-order valence-electron chi connectivity index (χ3n) is 4.73. The highest BCUT2D eigenvalue weighted by molar-refractivity contribution is 5.17. The van der Waals surface area contributed by atoms with E-state index in [9.17, 15) is 0 Å². The minimum atomic E-state index is 0.402. The van der Waals surface area contributed by atoms with Gasteiger partial charge in [-0.15, -0.1) is 0 Å². The molecule has 0 unspecified atom stereocenters. The first kappa shape index (κ1) is 13.1. The van der Waals surface area contributed by atoms with Crippen LogP contribution in [-0.4, -0.2) is 35.1 Å². The maximum absolute atomic E-state index is 4.56. The van der Waals surface area contributed by atoms with Crippen molar-refractivity contribution >= 4 is 0 Å². The molecule has 0 atom stereocenters. The van der Waals surface area contributed by atoms with E-state index in [1.54, 1.807) is 0 Å². The van der Waals surface area contributed by atoms with Gasteiger partial charge in [0.25, 0.3) is 0 Å². The first-order valence-corrected chi connectivity index (χ1v) is 7.65. The van der Waals surface area contributed by atoms with Gasteiger partial charge in [-0.1, -0.05) is 18.9 Å². The van der Waals surface area contributed by atoms with Gasteiger partial charge in [0.2, 0.25) is 0 Å². The van der Waals surface area contributed by atoms with Crippen LogP contribution >= 0.6 is 0 Å². The van der Waals surface area contributed by atoms with Crippen LogP contribution in [0.4, 0.5) is 0 Å². The van der Waals surface area contributed by atoms with Crippen molar-refractivity contribution in [3.05, 3.63) is 29.6 Å². The molecular weight excluding hydrogens is 234 g/mol. The van der Waals surface area contributed by atoms with Crippen molar-refractivity contribution in [2.24, 2.45) is 0 Å². The standard InChI is InChI=1S/C16H25N3/c1-14-6-4-9-17-15(14)12-19-11-5-10-18-16(13-19)7-2-3-8-16/h4,6,9,18H,2-3,5,7-8,10-13H2,1H3. The number of rotatable bonds is 2. The van der Waals surface area contributed by atoms with Crippen LogP contribution in [-0.2, 0) is 6.54 Å². The van der Waals surface area contributed by atoms with E-state index in [4.69, 9.17) is 0 Å². The molecule has 3 rings (SSSR count). The molecule has 0 bridgehead atoms. The van der Waals surface area contributed by atoms with E-state index < -0.39 is 0 Å². The summed E-state index contributed by atoms with van der Waals surface area (Å²) in [6.07, 6.45) is 8.67. The maximum Gasteiger partial charge on any atom is 0.0573 e. The molecule has 1 N–H and O–H groups in total. The third-order valence-corrected chi connectivity index (χ3v) is 4.73. The highest BCUT2D eigenvalue weighted by atomic mass is 15.2. The summed E-state index contributed by atoms with van der Waals surface area (Å²) in [5.74, 6) is 0. The average Bonchev–Trinajstić information content (AvgIpc) is 2.76. The zero-order chi connectivity index (χ0) is 13.1. The van der Waals surface area contributed by atoms with Gasteiger partial charge in [-0.3, -0.25) is 9.88 Å². The van der Waals surface area contributed by atoms with Crippen molar-refractivity contribution < 1.29 is 0 Å². The van der Waals surface area contributed by atoms with Crippen LogP contribution in [0.15, 0.2) is 18.3 Å². The number of nitrogens with one attached hydrogen (secondary N) is 1. The molecule has 2 aliphatic rings. The van der Waals surface area contributed by atoms with Gasteiger partial charge in [0.1, 0.15) is 0 Å². The number of aromatic nitrogens is 1. The maximum atomic E-state index is 4.56. The summed E-state index contributed by atoms with van der Waals surface area (Å²) in [4.78, 5) is 7.17. The van der Waals surface area contributed by atoms with Gasteiger partial charge in [-0.05, 0) is 50.9 Å². The fraction of sp³-hybridized carbons (Fsp3) is 0.688. The quantitative estimate of drug-likeness (QED) is 0.884. The highest BCUT2D eigenvalue weighted by Crippen LogP contribution is 2.32. The zero-order valence-corrected chi connectivity index (χ0v) is 12.0. The summed E-state index contributed by atoms with van der Waals surface area (Å²) < 4.78 is 0. The number of hydrogen-bond acceptors (Lipinski definition) is 3. The lowest BCUT2D eigenvalue weighted by Crippen LogP contribution is -2.49. The first-order chi connectivity index (χ1) is 9.27. The molecule has 1 saturated carbocycles. The summed E-state index contributed by atoms with van der Waals surface area (Å²) in [6.45, 7) is 6.76. The van der Waals surface area contributed by atoms with E-state index >= 15 is 0 Å². The normalized spacial score (nSPS) is 23.6. The lowest BCUT2D eigenvalue weighted by Gasteiger charge is -2.33. The van der Waals surface area contributed by atoms with E-state index in [1.807, 2.05) is 12.3 Å². The van der Waals surface area contributed by atoms with Gasteiger partial charge < -0.3 is 5.32 Å². The SMILES string of the molecule is Cc1cccnc1CN1CCCNC2(CCCC2)C1. The predicted molar refractivity (Wildman–Crippen MR) is 78.1 cm³/mol. The molecule has 1 aliphatic heterocycles. The molecule has 3 heteroatoms. The molecule has 2 heterocycles. The zero-order valence-electron chi connectivity index (χ0n) is 12.0. The number of hydrogen-bond donors (Lipinski definition) is 1. The van der Waals surface area contributed by atoms with E-state index in [-0.39, 0.29) is 0 Å². The van der Waals surface area contributed by atoms with Crippen LogP contribution < -0.4 is 5.32 Å². The van der Waals surface area contributed by atoms with Crippen molar-refractivity contribution in [1.82, 2.24) is 15.2 Å². The Balaban J connectivity index is 1.71. The molecular formula is C16H25N3. The predicted octanol–water partition coefficient (Wildman–Crippen LogP) is 2.50. The van der Waals surface area contributed by atoms with Gasteiger partial charge in [0.05, 0.1) is 5.69 Å². The number of aryl methyl sites for hydroxylation is 1. The Kier molecular flexibility index (Phi) is 3.85. The summed E-state index contributed by atoms with van der Waals surface area (Å²) >= 11 is 0. The molecule has 104 valence electrons. The lowest BCUT2D eigenvalue weighted by molar-refractivity contribution is 0.201. The Hall–Kier alpha value is -0.930. The molecule has 1 saturated heterocycles. The molecule has 1 aromatic rings.